The largest absolute Gasteiger partial charge is 0.316 e. The molecule has 2 rings (SSSR count). The van der Waals surface area contributed by atoms with Gasteiger partial charge in [-0.05, 0) is 56.3 Å². The van der Waals surface area contributed by atoms with Crippen LogP contribution in [-0.2, 0) is 6.42 Å². The lowest BCUT2D eigenvalue weighted by molar-refractivity contribution is 0.115. The Hall–Kier alpha value is -0.860. The monoisotopic (exact) mass is 274 g/mol. The maximum Gasteiger partial charge on any atom is 0.00329 e. The molecule has 1 heterocycles. The van der Waals surface area contributed by atoms with Crippen LogP contribution in [-0.4, -0.2) is 38.1 Å². The summed E-state index contributed by atoms with van der Waals surface area (Å²) in [6.45, 7) is 9.60. The van der Waals surface area contributed by atoms with E-state index in [0.29, 0.717) is 5.41 Å². The van der Waals surface area contributed by atoms with Crippen molar-refractivity contribution in [3.05, 3.63) is 35.9 Å². The van der Waals surface area contributed by atoms with Crippen LogP contribution >= 0.6 is 0 Å². The molecule has 1 aliphatic heterocycles. The van der Waals surface area contributed by atoms with Crippen molar-refractivity contribution in [2.75, 3.05) is 33.2 Å². The fourth-order valence-electron chi connectivity index (χ4n) is 3.39. The fraction of sp³-hybridized carbons (Fsp3) is 0.667. The highest BCUT2D eigenvalue weighted by atomic mass is 15.1. The third-order valence-corrected chi connectivity index (χ3v) is 4.70. The maximum absolute atomic E-state index is 3.55. The molecule has 1 N–H and O–H groups in total. The Kier molecular flexibility index (Phi) is 5.62. The standard InChI is InChI=1S/C18H30N2/c1-18(2,17-10-7-12-19-14-17)15-20(3)13-11-16-8-5-4-6-9-16/h4-6,8-9,17,19H,7,10-15H2,1-3H3. The highest BCUT2D eigenvalue weighted by molar-refractivity contribution is 5.14. The maximum atomic E-state index is 3.55. The van der Waals surface area contributed by atoms with Gasteiger partial charge in [-0.1, -0.05) is 44.2 Å². The van der Waals surface area contributed by atoms with Crippen molar-refractivity contribution in [3.63, 3.8) is 0 Å². The quantitative estimate of drug-likeness (QED) is 0.857. The van der Waals surface area contributed by atoms with Gasteiger partial charge in [0, 0.05) is 13.1 Å². The van der Waals surface area contributed by atoms with E-state index >= 15 is 0 Å². The number of nitrogens with zero attached hydrogens (tertiary/aromatic N) is 1. The average Bonchev–Trinajstić information content (AvgIpc) is 2.47. The summed E-state index contributed by atoms with van der Waals surface area (Å²) in [5, 5.41) is 3.55. The molecule has 0 aliphatic carbocycles. The average molecular weight is 274 g/mol. The Morgan fingerprint density at radius 3 is 2.65 bits per heavy atom. The van der Waals surface area contributed by atoms with Crippen LogP contribution in [0.1, 0.15) is 32.3 Å². The summed E-state index contributed by atoms with van der Waals surface area (Å²) in [5.74, 6) is 0.815. The van der Waals surface area contributed by atoms with Crippen LogP contribution in [0.2, 0.25) is 0 Å². The van der Waals surface area contributed by atoms with Gasteiger partial charge in [0.15, 0.2) is 0 Å². The molecule has 1 fully saturated rings. The highest BCUT2D eigenvalue weighted by Crippen LogP contribution is 2.32. The molecule has 1 aromatic carbocycles. The molecule has 0 bridgehead atoms. The van der Waals surface area contributed by atoms with Crippen LogP contribution in [0.25, 0.3) is 0 Å². The van der Waals surface area contributed by atoms with Crippen molar-refractivity contribution in [1.29, 1.82) is 0 Å². The molecule has 1 aromatic rings. The van der Waals surface area contributed by atoms with Crippen LogP contribution < -0.4 is 5.32 Å². The van der Waals surface area contributed by atoms with E-state index in [1.54, 1.807) is 0 Å². The number of nitrogens with one attached hydrogen (secondary N) is 1. The molecule has 0 radical (unpaired) electrons. The molecule has 1 saturated heterocycles. The Bertz CT molecular complexity index is 380. The minimum absolute atomic E-state index is 0.402. The molecule has 1 atom stereocenters. The first kappa shape index (κ1) is 15.5. The SMILES string of the molecule is CN(CCc1ccccc1)CC(C)(C)C1CCCNC1. The zero-order valence-corrected chi connectivity index (χ0v) is 13.4. The zero-order chi connectivity index (χ0) is 14.4. The molecule has 112 valence electrons. The Balaban J connectivity index is 1.79. The summed E-state index contributed by atoms with van der Waals surface area (Å²) >= 11 is 0. The summed E-state index contributed by atoms with van der Waals surface area (Å²) in [6.07, 6.45) is 3.87. The summed E-state index contributed by atoms with van der Waals surface area (Å²) < 4.78 is 0. The van der Waals surface area contributed by atoms with Crippen LogP contribution in [0.5, 0.6) is 0 Å². The first-order chi connectivity index (χ1) is 9.58. The first-order valence-corrected chi connectivity index (χ1v) is 8.01. The molecule has 0 spiro atoms. The van der Waals surface area contributed by atoms with Crippen molar-refractivity contribution in [1.82, 2.24) is 10.2 Å². The second-order valence-corrected chi connectivity index (χ2v) is 7.01. The molecule has 2 heteroatoms. The fourth-order valence-corrected chi connectivity index (χ4v) is 3.39. The van der Waals surface area contributed by atoms with Crippen molar-refractivity contribution in [2.45, 2.75) is 33.1 Å². The van der Waals surface area contributed by atoms with E-state index in [1.807, 2.05) is 0 Å². The van der Waals surface area contributed by atoms with Gasteiger partial charge in [-0.3, -0.25) is 0 Å². The van der Waals surface area contributed by atoms with Crippen molar-refractivity contribution < 1.29 is 0 Å². The third kappa shape index (κ3) is 4.60. The van der Waals surface area contributed by atoms with Gasteiger partial charge in [-0.25, -0.2) is 0 Å². The minimum Gasteiger partial charge on any atom is -0.316 e. The number of hydrogen-bond donors (Lipinski definition) is 1. The van der Waals surface area contributed by atoms with Crippen LogP contribution in [0.3, 0.4) is 0 Å². The van der Waals surface area contributed by atoms with Crippen LogP contribution in [0, 0.1) is 11.3 Å². The van der Waals surface area contributed by atoms with Crippen molar-refractivity contribution in [3.8, 4) is 0 Å². The van der Waals surface area contributed by atoms with E-state index in [9.17, 15) is 0 Å². The van der Waals surface area contributed by atoms with Gasteiger partial charge in [-0.15, -0.1) is 0 Å². The lowest BCUT2D eigenvalue weighted by Gasteiger charge is -2.40. The van der Waals surface area contributed by atoms with Crippen molar-refractivity contribution >= 4 is 0 Å². The van der Waals surface area contributed by atoms with Gasteiger partial charge in [0.05, 0.1) is 0 Å². The van der Waals surface area contributed by atoms with Gasteiger partial charge in [0.25, 0.3) is 0 Å². The molecule has 0 aromatic heterocycles. The normalized spacial score (nSPS) is 20.3. The number of rotatable bonds is 6. The van der Waals surface area contributed by atoms with Gasteiger partial charge >= 0.3 is 0 Å². The second kappa shape index (κ2) is 7.24. The smallest absolute Gasteiger partial charge is 0.00329 e. The summed E-state index contributed by atoms with van der Waals surface area (Å²) in [7, 11) is 2.26. The van der Waals surface area contributed by atoms with Gasteiger partial charge in [0.1, 0.15) is 0 Å². The predicted octanol–water partition coefficient (Wildman–Crippen LogP) is 3.19. The van der Waals surface area contributed by atoms with Crippen LogP contribution in [0.15, 0.2) is 30.3 Å². The molecule has 0 saturated carbocycles. The summed E-state index contributed by atoms with van der Waals surface area (Å²) in [4.78, 5) is 2.50. The molecule has 0 amide bonds. The van der Waals surface area contributed by atoms with Gasteiger partial charge in [-0.2, -0.15) is 0 Å². The third-order valence-electron chi connectivity index (χ3n) is 4.70. The van der Waals surface area contributed by atoms with Gasteiger partial charge < -0.3 is 10.2 Å². The zero-order valence-electron chi connectivity index (χ0n) is 13.4. The van der Waals surface area contributed by atoms with E-state index in [4.69, 9.17) is 0 Å². The highest BCUT2D eigenvalue weighted by Gasteiger charge is 2.31. The number of benzene rings is 1. The minimum atomic E-state index is 0.402. The Morgan fingerprint density at radius 2 is 2.00 bits per heavy atom. The number of likely N-dealkylation sites (N-methyl/N-ethyl adjacent to an activating group) is 1. The Labute approximate surface area is 124 Å². The lowest BCUT2D eigenvalue weighted by atomic mass is 9.74. The van der Waals surface area contributed by atoms with E-state index in [1.165, 1.54) is 38.0 Å². The molecule has 20 heavy (non-hydrogen) atoms. The first-order valence-electron chi connectivity index (χ1n) is 8.01. The van der Waals surface area contributed by atoms with Crippen LogP contribution in [0.4, 0.5) is 0 Å². The molecule has 2 nitrogen and oxygen atoms in total. The molecular formula is C18H30N2. The number of piperidine rings is 1. The topological polar surface area (TPSA) is 15.3 Å². The second-order valence-electron chi connectivity index (χ2n) is 7.01. The summed E-state index contributed by atoms with van der Waals surface area (Å²) in [6, 6.07) is 10.8. The van der Waals surface area contributed by atoms with E-state index in [0.717, 1.165) is 18.9 Å². The molecule has 1 aliphatic rings. The lowest BCUT2D eigenvalue weighted by Crippen LogP contribution is -2.44. The number of hydrogen-bond acceptors (Lipinski definition) is 2. The van der Waals surface area contributed by atoms with E-state index in [2.05, 4.69) is 61.4 Å². The van der Waals surface area contributed by atoms with E-state index < -0.39 is 0 Å². The molecule has 1 unspecified atom stereocenters. The molecular weight excluding hydrogens is 244 g/mol. The predicted molar refractivity (Wildman–Crippen MR) is 87.0 cm³/mol. The van der Waals surface area contributed by atoms with E-state index in [-0.39, 0.29) is 0 Å². The Morgan fingerprint density at radius 1 is 1.25 bits per heavy atom. The summed E-state index contributed by atoms with van der Waals surface area (Å²) in [5.41, 5.74) is 1.84. The van der Waals surface area contributed by atoms with Crippen molar-refractivity contribution in [2.24, 2.45) is 11.3 Å². The van der Waals surface area contributed by atoms with Gasteiger partial charge in [0.2, 0.25) is 0 Å².